The van der Waals surface area contributed by atoms with Gasteiger partial charge in [0.25, 0.3) is 0 Å². The van der Waals surface area contributed by atoms with Gasteiger partial charge in [-0.25, -0.2) is 0 Å². The summed E-state index contributed by atoms with van der Waals surface area (Å²) in [6.45, 7) is 3.58. The molecule has 1 aliphatic rings. The number of piperidine rings is 1. The lowest BCUT2D eigenvalue weighted by Gasteiger charge is -2.25. The number of benzene rings is 1. The van der Waals surface area contributed by atoms with Crippen molar-refractivity contribution in [3.8, 4) is 0 Å². The van der Waals surface area contributed by atoms with Crippen LogP contribution >= 0.6 is 0 Å². The Morgan fingerprint density at radius 2 is 2.00 bits per heavy atom. The average molecular weight is 287 g/mol. The Balaban J connectivity index is 1.87. The van der Waals surface area contributed by atoms with Gasteiger partial charge in [-0.05, 0) is 36.5 Å². The molecule has 0 amide bonds. The number of unbranched alkanes of at least 4 members (excludes halogenated alkanes) is 1. The molecule has 2 unspecified atom stereocenters. The first kappa shape index (κ1) is 16.1. The molecule has 2 heteroatoms. The molecule has 1 saturated heterocycles. The third-order valence-corrected chi connectivity index (χ3v) is 4.54. The molecule has 0 aliphatic carbocycles. The van der Waals surface area contributed by atoms with Crippen molar-refractivity contribution in [2.45, 2.75) is 45.1 Å². The lowest BCUT2D eigenvalue weighted by Crippen LogP contribution is -2.91. The summed E-state index contributed by atoms with van der Waals surface area (Å²) in [7, 11) is 4.17. The second-order valence-corrected chi connectivity index (χ2v) is 6.56. The summed E-state index contributed by atoms with van der Waals surface area (Å²) in [5.41, 5.74) is 2.58. The van der Waals surface area contributed by atoms with Crippen LogP contribution in [0, 0.1) is 5.92 Å². The summed E-state index contributed by atoms with van der Waals surface area (Å²) in [6, 6.07) is 9.67. The van der Waals surface area contributed by atoms with Gasteiger partial charge >= 0.3 is 0 Å². The van der Waals surface area contributed by atoms with E-state index in [0.717, 1.165) is 12.0 Å². The molecule has 0 spiro atoms. The molecule has 0 radical (unpaired) electrons. The summed E-state index contributed by atoms with van der Waals surface area (Å²) >= 11 is 0. The fourth-order valence-electron chi connectivity index (χ4n) is 3.16. The molecular weight excluding hydrogens is 256 g/mol. The van der Waals surface area contributed by atoms with Crippen molar-refractivity contribution < 1.29 is 5.32 Å². The first-order chi connectivity index (χ1) is 10.2. The van der Waals surface area contributed by atoms with Crippen LogP contribution in [-0.4, -0.2) is 26.7 Å². The fraction of sp³-hybridized carbons (Fsp3) is 0.579. The molecule has 2 rings (SSSR count). The average Bonchev–Trinajstić information content (AvgIpc) is 2.52. The highest BCUT2D eigenvalue weighted by atomic mass is 15.1. The zero-order valence-electron chi connectivity index (χ0n) is 13.9. The second-order valence-electron chi connectivity index (χ2n) is 6.56. The second kappa shape index (κ2) is 8.23. The minimum Gasteiger partial charge on any atom is -0.378 e. The number of hydrogen-bond donors (Lipinski definition) is 1. The van der Waals surface area contributed by atoms with Gasteiger partial charge in [0.05, 0.1) is 12.6 Å². The van der Waals surface area contributed by atoms with Crippen LogP contribution in [0.2, 0.25) is 0 Å². The van der Waals surface area contributed by atoms with E-state index in [2.05, 4.69) is 67.7 Å². The van der Waals surface area contributed by atoms with Crippen LogP contribution < -0.4 is 10.2 Å². The van der Waals surface area contributed by atoms with Gasteiger partial charge in [-0.2, -0.15) is 0 Å². The molecular formula is C19H31N2+. The van der Waals surface area contributed by atoms with E-state index < -0.39 is 0 Å². The fourth-order valence-corrected chi connectivity index (χ4v) is 3.16. The van der Waals surface area contributed by atoms with Crippen molar-refractivity contribution in [1.29, 1.82) is 0 Å². The highest BCUT2D eigenvalue weighted by Gasteiger charge is 2.22. The number of hydrogen-bond acceptors (Lipinski definition) is 1. The van der Waals surface area contributed by atoms with E-state index >= 15 is 0 Å². The van der Waals surface area contributed by atoms with Crippen LogP contribution in [-0.2, 0) is 0 Å². The lowest BCUT2D eigenvalue weighted by molar-refractivity contribution is -0.699. The van der Waals surface area contributed by atoms with Crippen LogP contribution in [0.25, 0.3) is 6.08 Å². The molecule has 2 nitrogen and oxygen atoms in total. The van der Waals surface area contributed by atoms with Crippen LogP contribution in [0.15, 0.2) is 30.3 Å². The van der Waals surface area contributed by atoms with Gasteiger partial charge in [0.15, 0.2) is 0 Å². The van der Waals surface area contributed by atoms with E-state index in [1.165, 1.54) is 49.9 Å². The van der Waals surface area contributed by atoms with Crippen LogP contribution in [0.1, 0.15) is 44.6 Å². The Hall–Kier alpha value is -1.28. The summed E-state index contributed by atoms with van der Waals surface area (Å²) < 4.78 is 0. The highest BCUT2D eigenvalue weighted by molar-refractivity contribution is 5.55. The van der Waals surface area contributed by atoms with Gasteiger partial charge in [0.2, 0.25) is 0 Å². The van der Waals surface area contributed by atoms with Gasteiger partial charge in [-0.3, -0.25) is 0 Å². The molecule has 1 aliphatic heterocycles. The zero-order chi connectivity index (χ0) is 15.1. The van der Waals surface area contributed by atoms with Crippen molar-refractivity contribution in [1.82, 2.24) is 0 Å². The lowest BCUT2D eigenvalue weighted by atomic mass is 9.89. The minimum absolute atomic E-state index is 0.769. The molecule has 0 aromatic heterocycles. The molecule has 21 heavy (non-hydrogen) atoms. The highest BCUT2D eigenvalue weighted by Crippen LogP contribution is 2.19. The molecule has 1 aromatic carbocycles. The zero-order valence-corrected chi connectivity index (χ0v) is 13.9. The van der Waals surface area contributed by atoms with E-state index in [1.54, 1.807) is 0 Å². The first-order valence-corrected chi connectivity index (χ1v) is 8.48. The molecule has 1 heterocycles. The first-order valence-electron chi connectivity index (χ1n) is 8.48. The van der Waals surface area contributed by atoms with E-state index in [0.29, 0.717) is 0 Å². The number of quaternary nitrogens is 1. The van der Waals surface area contributed by atoms with Crippen molar-refractivity contribution >= 4 is 11.8 Å². The van der Waals surface area contributed by atoms with Gasteiger partial charge < -0.3 is 10.2 Å². The Bertz CT molecular complexity index is 433. The number of nitrogens with two attached hydrogens (primary N) is 1. The minimum atomic E-state index is 0.769. The van der Waals surface area contributed by atoms with Crippen molar-refractivity contribution in [3.63, 3.8) is 0 Å². The maximum atomic E-state index is 2.56. The number of anilines is 1. The smallest absolute Gasteiger partial charge is 0.0864 e. The molecule has 0 bridgehead atoms. The normalized spacial score (nSPS) is 22.6. The molecule has 116 valence electrons. The maximum Gasteiger partial charge on any atom is 0.0864 e. The third-order valence-electron chi connectivity index (χ3n) is 4.54. The summed E-state index contributed by atoms with van der Waals surface area (Å²) in [6.07, 6.45) is 11.5. The summed E-state index contributed by atoms with van der Waals surface area (Å²) in [5.74, 6) is 0.769. The van der Waals surface area contributed by atoms with Gasteiger partial charge in [0, 0.05) is 32.6 Å². The van der Waals surface area contributed by atoms with E-state index in [1.807, 2.05) is 0 Å². The summed E-state index contributed by atoms with van der Waals surface area (Å²) in [4.78, 5) is 2.14. The maximum absolute atomic E-state index is 2.56. The molecule has 1 fully saturated rings. The van der Waals surface area contributed by atoms with Crippen molar-refractivity contribution in [3.05, 3.63) is 35.9 Å². The van der Waals surface area contributed by atoms with Crippen molar-refractivity contribution in [2.24, 2.45) is 5.92 Å². The van der Waals surface area contributed by atoms with Gasteiger partial charge in [-0.15, -0.1) is 0 Å². The topological polar surface area (TPSA) is 19.9 Å². The van der Waals surface area contributed by atoms with Crippen LogP contribution in [0.5, 0.6) is 0 Å². The van der Waals surface area contributed by atoms with Gasteiger partial charge in [-0.1, -0.05) is 37.6 Å². The SMILES string of the molecule is CCCCC1CC(C=Cc2ccc(N(C)C)cc2)CC[NH2+]1. The van der Waals surface area contributed by atoms with E-state index in [9.17, 15) is 0 Å². The predicted octanol–water partition coefficient (Wildman–Crippen LogP) is 3.30. The molecule has 1 aromatic rings. The van der Waals surface area contributed by atoms with Crippen LogP contribution in [0.3, 0.4) is 0 Å². The Labute approximate surface area is 130 Å². The summed E-state index contributed by atoms with van der Waals surface area (Å²) in [5, 5.41) is 2.56. The predicted molar refractivity (Wildman–Crippen MR) is 92.6 cm³/mol. The molecule has 0 saturated carbocycles. The monoisotopic (exact) mass is 287 g/mol. The standard InChI is InChI=1S/C19H30N2/c1-4-5-6-18-15-17(13-14-20-18)8-7-16-9-11-19(12-10-16)21(2)3/h7-12,17-18,20H,4-6,13-15H2,1-3H3/p+1. The number of allylic oxidation sites excluding steroid dienone is 1. The molecule has 2 N–H and O–H groups in total. The van der Waals surface area contributed by atoms with Gasteiger partial charge in [0.1, 0.15) is 0 Å². The number of rotatable bonds is 6. The van der Waals surface area contributed by atoms with Crippen LogP contribution in [0.4, 0.5) is 5.69 Å². The Morgan fingerprint density at radius 3 is 2.67 bits per heavy atom. The quantitative estimate of drug-likeness (QED) is 0.851. The molecule has 2 atom stereocenters. The largest absolute Gasteiger partial charge is 0.378 e. The third kappa shape index (κ3) is 5.20. The number of nitrogens with zero attached hydrogens (tertiary/aromatic N) is 1. The van der Waals surface area contributed by atoms with Crippen molar-refractivity contribution in [2.75, 3.05) is 25.5 Å². The van der Waals surface area contributed by atoms with E-state index in [-0.39, 0.29) is 0 Å². The Kier molecular flexibility index (Phi) is 6.31. The Morgan fingerprint density at radius 1 is 1.24 bits per heavy atom. The van der Waals surface area contributed by atoms with E-state index in [4.69, 9.17) is 0 Å².